The minimum absolute atomic E-state index is 0.196. The van der Waals surface area contributed by atoms with Crippen LogP contribution in [0.5, 0.6) is 17.2 Å². The average molecular weight is 320 g/mol. The number of phenolic OH excluding ortho intramolecular Hbond substituents is 3. The molecule has 0 bridgehead atoms. The Morgan fingerprint density at radius 3 is 2.32 bits per heavy atom. The number of halogens is 3. The monoisotopic (exact) mass is 320 g/mol. The molecule has 1 aromatic carbocycles. The lowest BCUT2D eigenvalue weighted by atomic mass is 9.97. The van der Waals surface area contributed by atoms with Gasteiger partial charge in [0.15, 0.2) is 11.5 Å². The van der Waals surface area contributed by atoms with Crippen molar-refractivity contribution in [3.63, 3.8) is 0 Å². The second kappa shape index (κ2) is 6.62. The predicted octanol–water partition coefficient (Wildman–Crippen LogP) is 2.09. The van der Waals surface area contributed by atoms with Crippen LogP contribution in [0.3, 0.4) is 0 Å². The quantitative estimate of drug-likeness (QED) is 0.639. The van der Waals surface area contributed by atoms with E-state index >= 15 is 0 Å². The van der Waals surface area contributed by atoms with Crippen LogP contribution in [0.2, 0.25) is 0 Å². The Morgan fingerprint density at radius 2 is 1.73 bits per heavy atom. The zero-order chi connectivity index (χ0) is 16.3. The van der Waals surface area contributed by atoms with E-state index in [0.29, 0.717) is 26.2 Å². The molecule has 1 atom stereocenters. The molecule has 0 aromatic heterocycles. The van der Waals surface area contributed by atoms with Gasteiger partial charge in [-0.3, -0.25) is 4.90 Å². The number of aromatic hydroxyl groups is 3. The first kappa shape index (κ1) is 16.7. The number of rotatable bonds is 4. The zero-order valence-corrected chi connectivity index (χ0v) is 11.9. The first-order valence-corrected chi connectivity index (χ1v) is 7.05. The summed E-state index contributed by atoms with van der Waals surface area (Å²) >= 11 is 0. The third-order valence-corrected chi connectivity index (χ3v) is 3.81. The summed E-state index contributed by atoms with van der Waals surface area (Å²) in [6.07, 6.45) is -5.50. The molecule has 22 heavy (non-hydrogen) atoms. The number of hydrogen-bond acceptors (Lipinski definition) is 5. The van der Waals surface area contributed by atoms with Crippen LogP contribution < -0.4 is 5.32 Å². The van der Waals surface area contributed by atoms with Gasteiger partial charge >= 0.3 is 6.18 Å². The average Bonchev–Trinajstić information content (AvgIpc) is 2.47. The molecule has 0 saturated carbocycles. The molecule has 1 aliphatic rings. The minimum Gasteiger partial charge on any atom is -0.504 e. The van der Waals surface area contributed by atoms with Crippen LogP contribution in [-0.2, 0) is 0 Å². The molecule has 1 saturated heterocycles. The highest BCUT2D eigenvalue weighted by atomic mass is 19.4. The van der Waals surface area contributed by atoms with Crippen LogP contribution in [0.15, 0.2) is 12.1 Å². The zero-order valence-electron chi connectivity index (χ0n) is 11.9. The van der Waals surface area contributed by atoms with E-state index in [9.17, 15) is 28.5 Å². The normalized spacial score (nSPS) is 18.3. The van der Waals surface area contributed by atoms with Gasteiger partial charge in [0.1, 0.15) is 0 Å². The number of phenols is 3. The van der Waals surface area contributed by atoms with Crippen LogP contribution in [0.25, 0.3) is 0 Å². The minimum atomic E-state index is -4.29. The van der Waals surface area contributed by atoms with Gasteiger partial charge in [-0.1, -0.05) is 0 Å². The lowest BCUT2D eigenvalue weighted by molar-refractivity contribution is -0.138. The van der Waals surface area contributed by atoms with E-state index in [1.807, 2.05) is 4.90 Å². The Balaban J connectivity index is 2.28. The van der Waals surface area contributed by atoms with Crippen molar-refractivity contribution in [3.8, 4) is 17.2 Å². The Hall–Kier alpha value is -1.67. The van der Waals surface area contributed by atoms with Crippen molar-refractivity contribution in [1.82, 2.24) is 10.2 Å². The van der Waals surface area contributed by atoms with Crippen molar-refractivity contribution < 1.29 is 28.5 Å². The van der Waals surface area contributed by atoms with Crippen LogP contribution in [0.4, 0.5) is 13.2 Å². The molecule has 0 radical (unpaired) electrons. The highest BCUT2D eigenvalue weighted by molar-refractivity contribution is 5.54. The number of alkyl halides is 3. The van der Waals surface area contributed by atoms with E-state index in [-0.39, 0.29) is 12.0 Å². The van der Waals surface area contributed by atoms with Gasteiger partial charge in [0.25, 0.3) is 0 Å². The maximum absolute atomic E-state index is 12.6. The lowest BCUT2D eigenvalue weighted by Gasteiger charge is -2.35. The molecule has 1 heterocycles. The number of piperazine rings is 1. The summed E-state index contributed by atoms with van der Waals surface area (Å²) in [7, 11) is 0. The Labute approximate surface area is 126 Å². The second-order valence-corrected chi connectivity index (χ2v) is 5.33. The van der Waals surface area contributed by atoms with Crippen LogP contribution >= 0.6 is 0 Å². The fourth-order valence-electron chi connectivity index (χ4n) is 2.68. The first-order chi connectivity index (χ1) is 10.3. The molecule has 2 rings (SSSR count). The molecule has 0 spiro atoms. The molecular weight excluding hydrogens is 301 g/mol. The molecule has 8 heteroatoms. The van der Waals surface area contributed by atoms with E-state index in [0.717, 1.165) is 0 Å². The van der Waals surface area contributed by atoms with Crippen molar-refractivity contribution in [3.05, 3.63) is 17.7 Å². The fourth-order valence-corrected chi connectivity index (χ4v) is 2.68. The number of nitrogens with zero attached hydrogens (tertiary/aromatic N) is 1. The Bertz CT molecular complexity index is 517. The van der Waals surface area contributed by atoms with Crippen molar-refractivity contribution in [2.45, 2.75) is 25.1 Å². The van der Waals surface area contributed by atoms with E-state index in [1.54, 1.807) is 0 Å². The van der Waals surface area contributed by atoms with Gasteiger partial charge in [0.05, 0.1) is 0 Å². The van der Waals surface area contributed by atoms with Crippen molar-refractivity contribution in [2.75, 3.05) is 26.2 Å². The van der Waals surface area contributed by atoms with Crippen LogP contribution in [-0.4, -0.2) is 52.6 Å². The predicted molar refractivity (Wildman–Crippen MR) is 73.9 cm³/mol. The van der Waals surface area contributed by atoms with Gasteiger partial charge < -0.3 is 20.6 Å². The molecule has 0 amide bonds. The van der Waals surface area contributed by atoms with Crippen LogP contribution in [0.1, 0.15) is 24.4 Å². The molecule has 124 valence electrons. The summed E-state index contributed by atoms with van der Waals surface area (Å²) in [5, 5.41) is 32.1. The highest BCUT2D eigenvalue weighted by Gasteiger charge is 2.33. The summed E-state index contributed by atoms with van der Waals surface area (Å²) < 4.78 is 37.7. The number of nitrogens with one attached hydrogen (secondary N) is 1. The largest absolute Gasteiger partial charge is 0.504 e. The maximum atomic E-state index is 12.6. The lowest BCUT2D eigenvalue weighted by Crippen LogP contribution is -2.45. The number of benzene rings is 1. The summed E-state index contributed by atoms with van der Waals surface area (Å²) in [5.74, 6) is -1.77. The highest BCUT2D eigenvalue weighted by Crippen LogP contribution is 2.43. The first-order valence-electron chi connectivity index (χ1n) is 7.05. The molecule has 0 unspecified atom stereocenters. The summed E-state index contributed by atoms with van der Waals surface area (Å²) in [6, 6.07) is 1.86. The summed E-state index contributed by atoms with van der Waals surface area (Å²) in [4.78, 5) is 1.84. The third kappa shape index (κ3) is 3.95. The smallest absolute Gasteiger partial charge is 0.389 e. The molecule has 5 nitrogen and oxygen atoms in total. The second-order valence-electron chi connectivity index (χ2n) is 5.33. The SMILES string of the molecule is Oc1ccc([C@H](CCC(F)(F)F)N2CCNCC2)c(O)c1O. The van der Waals surface area contributed by atoms with Gasteiger partial charge in [-0.25, -0.2) is 0 Å². The van der Waals surface area contributed by atoms with Crippen molar-refractivity contribution in [2.24, 2.45) is 0 Å². The topological polar surface area (TPSA) is 76.0 Å². The maximum Gasteiger partial charge on any atom is 0.389 e. The van der Waals surface area contributed by atoms with Gasteiger partial charge in [-0.15, -0.1) is 0 Å². The fraction of sp³-hybridized carbons (Fsp3) is 0.571. The third-order valence-electron chi connectivity index (χ3n) is 3.81. The molecule has 0 aliphatic carbocycles. The molecule has 1 aliphatic heterocycles. The summed E-state index contributed by atoms with van der Waals surface area (Å²) in [6.45, 7) is 2.38. The van der Waals surface area contributed by atoms with Gasteiger partial charge in [0, 0.05) is 44.2 Å². The Morgan fingerprint density at radius 1 is 1.09 bits per heavy atom. The van der Waals surface area contributed by atoms with Gasteiger partial charge in [0.2, 0.25) is 5.75 Å². The number of hydrogen-bond donors (Lipinski definition) is 4. The van der Waals surface area contributed by atoms with E-state index < -0.39 is 35.9 Å². The molecule has 1 aromatic rings. The molecule has 4 N–H and O–H groups in total. The van der Waals surface area contributed by atoms with Crippen LogP contribution in [0, 0.1) is 0 Å². The summed E-state index contributed by atoms with van der Waals surface area (Å²) in [5.41, 5.74) is 0.196. The molecule has 1 fully saturated rings. The standard InChI is InChI=1S/C14H19F3N2O3/c15-14(16,17)4-3-10(19-7-5-18-6-8-19)9-1-2-11(20)13(22)12(9)21/h1-2,10,18,20-22H,3-8H2/t10-/m0/s1. The van der Waals surface area contributed by atoms with E-state index in [1.165, 1.54) is 12.1 Å². The van der Waals surface area contributed by atoms with Crippen molar-refractivity contribution in [1.29, 1.82) is 0 Å². The molecular formula is C14H19F3N2O3. The van der Waals surface area contributed by atoms with Crippen molar-refractivity contribution >= 4 is 0 Å². The van der Waals surface area contributed by atoms with E-state index in [2.05, 4.69) is 5.32 Å². The van der Waals surface area contributed by atoms with Gasteiger partial charge in [-0.2, -0.15) is 13.2 Å². The Kier molecular flexibility index (Phi) is 5.02. The van der Waals surface area contributed by atoms with E-state index in [4.69, 9.17) is 0 Å². The van der Waals surface area contributed by atoms with Gasteiger partial charge in [-0.05, 0) is 18.6 Å².